The van der Waals surface area contributed by atoms with Crippen LogP contribution in [0.4, 0.5) is 0 Å². The van der Waals surface area contributed by atoms with Gasteiger partial charge in [0.05, 0.1) is 24.7 Å². The lowest BCUT2D eigenvalue weighted by Gasteiger charge is -2.30. The van der Waals surface area contributed by atoms with Crippen LogP contribution in [0.25, 0.3) is 10.8 Å². The summed E-state index contributed by atoms with van der Waals surface area (Å²) >= 11 is 0. The van der Waals surface area contributed by atoms with Crippen molar-refractivity contribution >= 4 is 23.1 Å². The molecule has 1 atom stereocenters. The number of carbonyl (C=O) groups excluding carboxylic acids is 2. The molecule has 2 aromatic carbocycles. The molecule has 0 saturated carbocycles. The Kier molecular flexibility index (Phi) is 6.95. The van der Waals surface area contributed by atoms with E-state index in [0.717, 1.165) is 16.3 Å². The van der Waals surface area contributed by atoms with E-state index in [1.807, 2.05) is 42.5 Å². The molecule has 8 nitrogen and oxygen atoms in total. The fourth-order valence-electron chi connectivity index (χ4n) is 2.78. The van der Waals surface area contributed by atoms with Crippen molar-refractivity contribution in [2.45, 2.75) is 18.9 Å². The zero-order chi connectivity index (χ0) is 18.9. The highest BCUT2D eigenvalue weighted by atomic mass is 16.5. The van der Waals surface area contributed by atoms with Crippen LogP contribution < -0.4 is 22.4 Å². The third kappa shape index (κ3) is 4.95. The topological polar surface area (TPSA) is 134 Å². The van der Waals surface area contributed by atoms with E-state index < -0.39 is 11.9 Å². The monoisotopic (exact) mass is 357 g/mol. The molecule has 138 valence electrons. The number of nitrogens with zero attached hydrogens (tertiary/aromatic N) is 1. The number of nitrogens with one attached hydrogen (secondary N) is 2. The smallest absolute Gasteiger partial charge is 0.245 e. The third-order valence-electron chi connectivity index (χ3n) is 4.11. The van der Waals surface area contributed by atoms with Crippen LogP contribution in [-0.2, 0) is 16.0 Å². The van der Waals surface area contributed by atoms with E-state index in [2.05, 4.69) is 5.32 Å². The zero-order valence-electron chi connectivity index (χ0n) is 14.3. The SMILES string of the molecule is N/C=C(/CNC=O)N(N)C(CC(=O)NO)Cc1ccc2ccccc2c1. The molecule has 0 fully saturated rings. The van der Waals surface area contributed by atoms with E-state index in [4.69, 9.17) is 16.8 Å². The van der Waals surface area contributed by atoms with Crippen molar-refractivity contribution in [2.24, 2.45) is 11.6 Å². The first-order valence-electron chi connectivity index (χ1n) is 8.11. The minimum atomic E-state index is -0.564. The number of hydroxylamine groups is 1. The number of hydrazine groups is 1. The fraction of sp³-hybridized carbons (Fsp3) is 0.222. The lowest BCUT2D eigenvalue weighted by atomic mass is 9.99. The van der Waals surface area contributed by atoms with E-state index in [0.29, 0.717) is 18.5 Å². The van der Waals surface area contributed by atoms with E-state index in [1.54, 1.807) is 5.48 Å². The minimum Gasteiger partial charge on any atom is -0.403 e. The largest absolute Gasteiger partial charge is 0.403 e. The predicted molar refractivity (Wildman–Crippen MR) is 98.3 cm³/mol. The second kappa shape index (κ2) is 9.40. The second-order valence-corrected chi connectivity index (χ2v) is 5.84. The van der Waals surface area contributed by atoms with Crippen molar-refractivity contribution in [1.82, 2.24) is 15.8 Å². The molecular formula is C18H23N5O3. The van der Waals surface area contributed by atoms with Crippen LogP contribution in [0.1, 0.15) is 12.0 Å². The summed E-state index contributed by atoms with van der Waals surface area (Å²) in [6.45, 7) is 0.130. The first-order valence-corrected chi connectivity index (χ1v) is 8.11. The molecule has 26 heavy (non-hydrogen) atoms. The van der Waals surface area contributed by atoms with Gasteiger partial charge in [0.2, 0.25) is 12.3 Å². The standard InChI is InChI=1S/C18H23N5O3/c19-10-17(11-21-12-24)23(20)16(9-18(25)22-26)8-13-5-6-14-3-1-2-4-15(14)7-13/h1-7,10,12,16,26H,8-9,11,19-20H2,(H,21,24)(H,22,25)/b17-10-. The van der Waals surface area contributed by atoms with Crippen molar-refractivity contribution in [2.75, 3.05) is 6.54 Å². The number of carbonyl (C=O) groups is 2. The zero-order valence-corrected chi connectivity index (χ0v) is 14.3. The lowest BCUT2D eigenvalue weighted by Crippen LogP contribution is -2.46. The number of nitrogens with two attached hydrogens (primary N) is 2. The van der Waals surface area contributed by atoms with Gasteiger partial charge in [-0.15, -0.1) is 0 Å². The van der Waals surface area contributed by atoms with Gasteiger partial charge < -0.3 is 16.1 Å². The van der Waals surface area contributed by atoms with Gasteiger partial charge in [0.1, 0.15) is 0 Å². The molecule has 8 heteroatoms. The molecule has 0 heterocycles. The molecule has 0 aliphatic carbocycles. The Balaban J connectivity index is 2.24. The van der Waals surface area contributed by atoms with E-state index in [9.17, 15) is 9.59 Å². The summed E-state index contributed by atoms with van der Waals surface area (Å²) in [4.78, 5) is 22.2. The third-order valence-corrected chi connectivity index (χ3v) is 4.11. The molecule has 2 aromatic rings. The van der Waals surface area contributed by atoms with Crippen molar-refractivity contribution in [3.8, 4) is 0 Å². The molecule has 1 unspecified atom stereocenters. The van der Waals surface area contributed by atoms with Crippen LogP contribution in [0, 0.1) is 0 Å². The second-order valence-electron chi connectivity index (χ2n) is 5.84. The van der Waals surface area contributed by atoms with Gasteiger partial charge in [-0.25, -0.2) is 11.3 Å². The van der Waals surface area contributed by atoms with Gasteiger partial charge in [0.25, 0.3) is 0 Å². The Morgan fingerprint density at radius 1 is 1.23 bits per heavy atom. The molecular weight excluding hydrogens is 334 g/mol. The maximum Gasteiger partial charge on any atom is 0.245 e. The Labute approximate surface area is 151 Å². The van der Waals surface area contributed by atoms with E-state index in [-0.39, 0.29) is 13.0 Å². The Morgan fingerprint density at radius 3 is 2.62 bits per heavy atom. The van der Waals surface area contributed by atoms with Gasteiger partial charge in [-0.3, -0.25) is 14.8 Å². The molecule has 0 aliphatic rings. The molecule has 2 rings (SSSR count). The number of benzene rings is 2. The van der Waals surface area contributed by atoms with Crippen molar-refractivity contribution < 1.29 is 14.8 Å². The summed E-state index contributed by atoms with van der Waals surface area (Å²) in [6.07, 6.45) is 2.22. The fourth-order valence-corrected chi connectivity index (χ4v) is 2.78. The van der Waals surface area contributed by atoms with Crippen molar-refractivity contribution in [1.29, 1.82) is 0 Å². The van der Waals surface area contributed by atoms with Gasteiger partial charge in [-0.1, -0.05) is 42.5 Å². The highest BCUT2D eigenvalue weighted by Gasteiger charge is 2.22. The first-order chi connectivity index (χ1) is 12.6. The van der Waals surface area contributed by atoms with Crippen LogP contribution in [0.5, 0.6) is 0 Å². The molecule has 7 N–H and O–H groups in total. The lowest BCUT2D eigenvalue weighted by molar-refractivity contribution is -0.130. The summed E-state index contributed by atoms with van der Waals surface area (Å²) in [5.41, 5.74) is 8.65. The Morgan fingerprint density at radius 2 is 1.96 bits per heavy atom. The highest BCUT2D eigenvalue weighted by molar-refractivity contribution is 5.83. The predicted octanol–water partition coefficient (Wildman–Crippen LogP) is 0.368. The number of amides is 2. The van der Waals surface area contributed by atoms with Crippen LogP contribution in [0.15, 0.2) is 54.4 Å². The Hall–Kier alpha value is -3.10. The number of hydrogen-bond donors (Lipinski definition) is 5. The van der Waals surface area contributed by atoms with Gasteiger partial charge in [0.15, 0.2) is 0 Å². The number of fused-ring (bicyclic) bond motifs is 1. The van der Waals surface area contributed by atoms with Gasteiger partial charge in [-0.05, 0) is 22.8 Å². The number of hydrogen-bond acceptors (Lipinski definition) is 6. The molecule has 0 aromatic heterocycles. The first kappa shape index (κ1) is 19.2. The molecule has 0 spiro atoms. The summed E-state index contributed by atoms with van der Waals surface area (Å²) < 4.78 is 0. The molecule has 2 amide bonds. The van der Waals surface area contributed by atoms with Crippen LogP contribution in [0.2, 0.25) is 0 Å². The molecule has 0 radical (unpaired) electrons. The van der Waals surface area contributed by atoms with E-state index >= 15 is 0 Å². The molecule has 0 aliphatic heterocycles. The van der Waals surface area contributed by atoms with Crippen molar-refractivity contribution in [3.63, 3.8) is 0 Å². The summed E-state index contributed by atoms with van der Waals surface area (Å²) in [5, 5.41) is 14.9. The summed E-state index contributed by atoms with van der Waals surface area (Å²) in [7, 11) is 0. The highest BCUT2D eigenvalue weighted by Crippen LogP contribution is 2.19. The Bertz CT molecular complexity index is 793. The van der Waals surface area contributed by atoms with Gasteiger partial charge >= 0.3 is 0 Å². The van der Waals surface area contributed by atoms with Gasteiger partial charge in [0, 0.05) is 6.20 Å². The maximum atomic E-state index is 11.7. The summed E-state index contributed by atoms with van der Waals surface area (Å²) in [6, 6.07) is 13.5. The van der Waals surface area contributed by atoms with Crippen molar-refractivity contribution in [3.05, 3.63) is 59.9 Å². The van der Waals surface area contributed by atoms with Crippen LogP contribution in [-0.4, -0.2) is 35.1 Å². The normalized spacial score (nSPS) is 12.5. The van der Waals surface area contributed by atoms with E-state index in [1.165, 1.54) is 11.2 Å². The quantitative estimate of drug-likeness (QED) is 0.190. The minimum absolute atomic E-state index is 0.0434. The molecule has 0 bridgehead atoms. The van der Waals surface area contributed by atoms with Crippen LogP contribution in [0.3, 0.4) is 0 Å². The summed E-state index contributed by atoms with van der Waals surface area (Å²) in [5.74, 6) is 5.58. The van der Waals surface area contributed by atoms with Crippen LogP contribution >= 0.6 is 0 Å². The maximum absolute atomic E-state index is 11.7. The average molecular weight is 357 g/mol. The average Bonchev–Trinajstić information content (AvgIpc) is 2.67. The van der Waals surface area contributed by atoms with Gasteiger partial charge in [-0.2, -0.15) is 0 Å². The number of rotatable bonds is 9. The molecule has 0 saturated heterocycles.